The van der Waals surface area contributed by atoms with Crippen LogP contribution in [0.25, 0.3) is 10.2 Å². The second-order valence-corrected chi connectivity index (χ2v) is 6.49. The van der Waals surface area contributed by atoms with Crippen molar-refractivity contribution in [3.63, 3.8) is 0 Å². The summed E-state index contributed by atoms with van der Waals surface area (Å²) in [5.41, 5.74) is 1.53. The highest BCUT2D eigenvalue weighted by Gasteiger charge is 2.09. The van der Waals surface area contributed by atoms with Crippen molar-refractivity contribution in [2.75, 3.05) is 10.6 Å². The zero-order valence-electron chi connectivity index (χ0n) is 13.3. The van der Waals surface area contributed by atoms with Crippen LogP contribution in [-0.2, 0) is 16.1 Å². The number of aromatic nitrogens is 2. The van der Waals surface area contributed by atoms with Crippen LogP contribution in [0.2, 0.25) is 0 Å². The lowest BCUT2D eigenvalue weighted by Gasteiger charge is -2.03. The van der Waals surface area contributed by atoms with E-state index >= 15 is 0 Å². The molecule has 0 saturated heterocycles. The second-order valence-electron chi connectivity index (χ2n) is 5.46. The predicted molar refractivity (Wildman–Crippen MR) is 96.2 cm³/mol. The van der Waals surface area contributed by atoms with Crippen LogP contribution in [0.5, 0.6) is 0 Å². The van der Waals surface area contributed by atoms with Gasteiger partial charge in [0.2, 0.25) is 11.8 Å². The third-order valence-corrected chi connectivity index (χ3v) is 4.38. The van der Waals surface area contributed by atoms with Gasteiger partial charge in [-0.1, -0.05) is 11.3 Å². The van der Waals surface area contributed by atoms with Crippen LogP contribution in [0.3, 0.4) is 0 Å². The molecule has 7 heteroatoms. The Labute approximate surface area is 143 Å². The molecule has 0 spiro atoms. The highest BCUT2D eigenvalue weighted by atomic mass is 32.1. The molecule has 0 bridgehead atoms. The zero-order chi connectivity index (χ0) is 16.9. The molecule has 0 radical (unpaired) electrons. The summed E-state index contributed by atoms with van der Waals surface area (Å²) in [7, 11) is 0. The van der Waals surface area contributed by atoms with Gasteiger partial charge in [-0.25, -0.2) is 4.98 Å². The van der Waals surface area contributed by atoms with E-state index < -0.39 is 0 Å². The Kier molecular flexibility index (Phi) is 4.90. The van der Waals surface area contributed by atoms with Gasteiger partial charge in [-0.05, 0) is 36.8 Å². The first-order valence-corrected chi connectivity index (χ1v) is 8.50. The number of nitrogens with zero attached hydrogens (tertiary/aromatic N) is 2. The van der Waals surface area contributed by atoms with Gasteiger partial charge in [-0.15, -0.1) is 0 Å². The summed E-state index contributed by atoms with van der Waals surface area (Å²) in [6.07, 6.45) is 5.19. The predicted octanol–water partition coefficient (Wildman–Crippen LogP) is 3.48. The molecule has 24 heavy (non-hydrogen) atoms. The van der Waals surface area contributed by atoms with Crippen LogP contribution >= 0.6 is 11.3 Å². The number of carbonyl (C=O) groups excluding carboxylic acids is 2. The molecule has 2 N–H and O–H groups in total. The fourth-order valence-electron chi connectivity index (χ4n) is 2.38. The summed E-state index contributed by atoms with van der Waals surface area (Å²) in [6.45, 7) is 2.29. The lowest BCUT2D eigenvalue weighted by Crippen LogP contribution is -2.11. The van der Waals surface area contributed by atoms with E-state index in [1.165, 1.54) is 18.3 Å². The number of nitrogens with one attached hydrogen (secondary N) is 2. The Morgan fingerprint density at radius 1 is 1.21 bits per heavy atom. The first-order valence-electron chi connectivity index (χ1n) is 7.69. The third kappa shape index (κ3) is 4.20. The van der Waals surface area contributed by atoms with Crippen LogP contribution in [0, 0.1) is 0 Å². The maximum atomic E-state index is 12.0. The fraction of sp³-hybridized carbons (Fsp3) is 0.235. The molecule has 0 aliphatic carbocycles. The minimum atomic E-state index is -0.116. The maximum Gasteiger partial charge on any atom is 0.226 e. The number of anilines is 2. The van der Waals surface area contributed by atoms with E-state index in [1.807, 2.05) is 36.7 Å². The van der Waals surface area contributed by atoms with E-state index in [9.17, 15) is 9.59 Å². The van der Waals surface area contributed by atoms with Crippen LogP contribution in [-0.4, -0.2) is 21.4 Å². The van der Waals surface area contributed by atoms with E-state index in [0.717, 1.165) is 28.9 Å². The van der Waals surface area contributed by atoms with Gasteiger partial charge in [0.25, 0.3) is 0 Å². The molecule has 0 unspecified atom stereocenters. The Balaban J connectivity index is 1.58. The van der Waals surface area contributed by atoms with E-state index in [2.05, 4.69) is 20.2 Å². The molecule has 124 valence electrons. The molecular weight excluding hydrogens is 324 g/mol. The van der Waals surface area contributed by atoms with Gasteiger partial charge in [0, 0.05) is 38.0 Å². The summed E-state index contributed by atoms with van der Waals surface area (Å²) in [5, 5.41) is 6.16. The first kappa shape index (κ1) is 16.2. The van der Waals surface area contributed by atoms with Crippen LogP contribution < -0.4 is 10.6 Å². The second kappa shape index (κ2) is 7.27. The number of aryl methyl sites for hydroxylation is 1. The lowest BCUT2D eigenvalue weighted by molar-refractivity contribution is -0.116. The van der Waals surface area contributed by atoms with Gasteiger partial charge in [0.05, 0.1) is 10.2 Å². The number of carbonyl (C=O) groups is 2. The summed E-state index contributed by atoms with van der Waals surface area (Å²) >= 11 is 1.40. The molecule has 6 nitrogen and oxygen atoms in total. The lowest BCUT2D eigenvalue weighted by atomic mass is 10.3. The fourth-order valence-corrected chi connectivity index (χ4v) is 3.30. The quantitative estimate of drug-likeness (QED) is 0.720. The molecule has 2 heterocycles. The van der Waals surface area contributed by atoms with Crippen molar-refractivity contribution in [1.29, 1.82) is 0 Å². The van der Waals surface area contributed by atoms with Crippen molar-refractivity contribution in [2.24, 2.45) is 0 Å². The molecule has 2 aromatic heterocycles. The number of benzene rings is 1. The van der Waals surface area contributed by atoms with Gasteiger partial charge in [-0.3, -0.25) is 9.59 Å². The van der Waals surface area contributed by atoms with Gasteiger partial charge in [0.15, 0.2) is 5.13 Å². The Bertz CT molecular complexity index is 855. The van der Waals surface area contributed by atoms with Gasteiger partial charge in [-0.2, -0.15) is 0 Å². The molecule has 0 aliphatic rings. The standard InChI is InChI=1S/C17H18N4O2S/c1-12(22)18-13-6-7-14-15(11-13)24-17(19-14)20-16(23)5-4-10-21-8-2-3-9-21/h2-3,6-9,11H,4-5,10H2,1H3,(H,18,22)(H,19,20,23). The van der Waals surface area contributed by atoms with Crippen molar-refractivity contribution < 1.29 is 9.59 Å². The van der Waals surface area contributed by atoms with Gasteiger partial charge >= 0.3 is 0 Å². The minimum absolute atomic E-state index is 0.0386. The highest BCUT2D eigenvalue weighted by molar-refractivity contribution is 7.22. The van der Waals surface area contributed by atoms with E-state index in [-0.39, 0.29) is 11.8 Å². The van der Waals surface area contributed by atoms with E-state index in [1.54, 1.807) is 6.07 Å². The largest absolute Gasteiger partial charge is 0.354 e. The number of hydrogen-bond donors (Lipinski definition) is 2. The first-order chi connectivity index (χ1) is 11.6. The third-order valence-electron chi connectivity index (χ3n) is 3.44. The topological polar surface area (TPSA) is 76.0 Å². The number of rotatable bonds is 6. The van der Waals surface area contributed by atoms with E-state index in [0.29, 0.717) is 11.6 Å². The van der Waals surface area contributed by atoms with E-state index in [4.69, 9.17) is 0 Å². The summed E-state index contributed by atoms with van der Waals surface area (Å²) < 4.78 is 2.97. The number of thiazole rings is 1. The smallest absolute Gasteiger partial charge is 0.226 e. The molecule has 0 aliphatic heterocycles. The van der Waals surface area contributed by atoms with Crippen molar-refractivity contribution in [3.05, 3.63) is 42.7 Å². The van der Waals surface area contributed by atoms with Crippen molar-refractivity contribution in [3.8, 4) is 0 Å². The van der Waals surface area contributed by atoms with Gasteiger partial charge in [0.1, 0.15) is 0 Å². The summed E-state index contributed by atoms with van der Waals surface area (Å²) in [6, 6.07) is 9.42. The average molecular weight is 342 g/mol. The maximum absolute atomic E-state index is 12.0. The van der Waals surface area contributed by atoms with Gasteiger partial charge < -0.3 is 15.2 Å². The minimum Gasteiger partial charge on any atom is -0.354 e. The molecule has 2 amide bonds. The number of hydrogen-bond acceptors (Lipinski definition) is 4. The molecule has 1 aromatic carbocycles. The summed E-state index contributed by atoms with van der Waals surface area (Å²) in [4.78, 5) is 27.5. The Morgan fingerprint density at radius 2 is 2.00 bits per heavy atom. The highest BCUT2D eigenvalue weighted by Crippen LogP contribution is 2.28. The monoisotopic (exact) mass is 342 g/mol. The van der Waals surface area contributed by atoms with Crippen LogP contribution in [0.1, 0.15) is 19.8 Å². The molecule has 3 aromatic rings. The van der Waals surface area contributed by atoms with Crippen molar-refractivity contribution >= 4 is 44.2 Å². The molecule has 3 rings (SSSR count). The number of fused-ring (bicyclic) bond motifs is 1. The van der Waals surface area contributed by atoms with Crippen LogP contribution in [0.15, 0.2) is 42.7 Å². The van der Waals surface area contributed by atoms with Crippen molar-refractivity contribution in [1.82, 2.24) is 9.55 Å². The normalized spacial score (nSPS) is 10.7. The molecule has 0 atom stereocenters. The van der Waals surface area contributed by atoms with Crippen molar-refractivity contribution in [2.45, 2.75) is 26.3 Å². The SMILES string of the molecule is CC(=O)Nc1ccc2nc(NC(=O)CCCn3cccc3)sc2c1. The Morgan fingerprint density at radius 3 is 2.75 bits per heavy atom. The van der Waals surface area contributed by atoms with Crippen LogP contribution in [0.4, 0.5) is 10.8 Å². The molecule has 0 saturated carbocycles. The zero-order valence-corrected chi connectivity index (χ0v) is 14.1. The average Bonchev–Trinajstić information content (AvgIpc) is 3.15. The summed E-state index contributed by atoms with van der Waals surface area (Å²) in [5.74, 6) is -0.154. The molecular formula is C17H18N4O2S. The Hall–Kier alpha value is -2.67. The molecule has 0 fully saturated rings. The number of amides is 2.